The molecule has 6 nitrogen and oxygen atoms in total. The summed E-state index contributed by atoms with van der Waals surface area (Å²) in [4.78, 5) is 35.9. The minimum atomic E-state index is -1.01. The van der Waals surface area contributed by atoms with Crippen LogP contribution in [-0.2, 0) is 14.4 Å². The van der Waals surface area contributed by atoms with Gasteiger partial charge in [-0.1, -0.05) is 52.4 Å². The molecule has 2 atom stereocenters. The maximum Gasteiger partial charge on any atom is 0.267 e. The van der Waals surface area contributed by atoms with Crippen LogP contribution >= 0.6 is 0 Å². The van der Waals surface area contributed by atoms with E-state index >= 15 is 0 Å². The summed E-state index contributed by atoms with van der Waals surface area (Å²) in [6.45, 7) is 5.47. The van der Waals surface area contributed by atoms with Gasteiger partial charge in [0.05, 0.1) is 6.61 Å². The molecule has 0 aliphatic carbocycles. The molecule has 6 heteroatoms. The average Bonchev–Trinajstić information content (AvgIpc) is 2.56. The van der Waals surface area contributed by atoms with Crippen LogP contribution < -0.4 is 5.32 Å². The van der Waals surface area contributed by atoms with E-state index in [4.69, 9.17) is 0 Å². The summed E-state index contributed by atoms with van der Waals surface area (Å²) in [5, 5.41) is 13.0. The second kappa shape index (κ2) is 13.8. The third-order valence-electron chi connectivity index (χ3n) is 4.27. The van der Waals surface area contributed by atoms with Crippen molar-refractivity contribution in [3.63, 3.8) is 0 Å². The Morgan fingerprint density at radius 1 is 1.04 bits per heavy atom. The molecule has 0 saturated carbocycles. The third-order valence-corrected chi connectivity index (χ3v) is 4.27. The zero-order valence-electron chi connectivity index (χ0n) is 16.2. The van der Waals surface area contributed by atoms with Crippen LogP contribution in [0.1, 0.15) is 72.1 Å². The number of nitrogens with zero attached hydrogens (tertiary/aromatic N) is 2. The van der Waals surface area contributed by atoms with Gasteiger partial charge in [-0.3, -0.25) is 9.59 Å². The van der Waals surface area contributed by atoms with Gasteiger partial charge in [0.25, 0.3) is 5.91 Å². The predicted octanol–water partition coefficient (Wildman–Crippen LogP) is 2.30. The Balaban J connectivity index is 4.02. The zero-order chi connectivity index (χ0) is 19.2. The number of carbonyl (C=O) groups excluding carboxylic acids is 3. The number of hydrogen-bond acceptors (Lipinski definition) is 4. The first-order valence-corrected chi connectivity index (χ1v) is 9.40. The first-order chi connectivity index (χ1) is 11.8. The summed E-state index contributed by atoms with van der Waals surface area (Å²) in [5.41, 5.74) is 0. The molecule has 0 saturated heterocycles. The Morgan fingerprint density at radius 2 is 1.60 bits per heavy atom. The van der Waals surface area contributed by atoms with Crippen LogP contribution in [0.3, 0.4) is 0 Å². The van der Waals surface area contributed by atoms with Gasteiger partial charge in [0.1, 0.15) is 18.4 Å². The highest BCUT2D eigenvalue weighted by molar-refractivity contribution is 5.88. The van der Waals surface area contributed by atoms with Gasteiger partial charge in [0.15, 0.2) is 0 Å². The Bertz CT molecular complexity index is 399. The topological polar surface area (TPSA) is 88.8 Å². The lowest BCUT2D eigenvalue weighted by molar-refractivity contribution is -0.141. The van der Waals surface area contributed by atoms with Crippen LogP contribution in [0.25, 0.3) is 0 Å². The molecule has 0 aromatic carbocycles. The second-order valence-electron chi connectivity index (χ2n) is 7.10. The lowest BCUT2D eigenvalue weighted by Gasteiger charge is -2.25. The van der Waals surface area contributed by atoms with E-state index in [1.165, 1.54) is 44.6 Å². The molecule has 145 valence electrons. The van der Waals surface area contributed by atoms with Gasteiger partial charge in [0.2, 0.25) is 5.91 Å². The van der Waals surface area contributed by atoms with Crippen LogP contribution in [0.4, 0.5) is 0 Å². The molecule has 0 fully saturated rings. The Morgan fingerprint density at radius 3 is 2.12 bits per heavy atom. The normalized spacial score (nSPS) is 13.4. The second-order valence-corrected chi connectivity index (χ2v) is 7.10. The highest BCUT2D eigenvalue weighted by Gasteiger charge is 2.27. The Kier molecular flexibility index (Phi) is 13.0. The number of unbranched alkanes of at least 4 members (excludes halogenated alkanes) is 5. The van der Waals surface area contributed by atoms with Crippen molar-refractivity contribution in [2.75, 3.05) is 13.7 Å². The minimum Gasteiger partial charge on any atom is -0.394 e. The maximum atomic E-state index is 12.2. The first kappa shape index (κ1) is 23.6. The molecule has 0 spiro atoms. The molecule has 25 heavy (non-hydrogen) atoms. The lowest BCUT2D eigenvalue weighted by atomic mass is 10.0. The molecule has 1 N–H and O–H groups in total. The van der Waals surface area contributed by atoms with Crippen LogP contribution in [-0.4, -0.2) is 53.8 Å². The van der Waals surface area contributed by atoms with Crippen molar-refractivity contribution in [2.24, 2.45) is 5.92 Å². The van der Waals surface area contributed by atoms with Gasteiger partial charge in [-0.15, -0.1) is 0 Å². The molecular weight excluding hydrogens is 320 g/mol. The molecule has 1 radical (unpaired) electrons. The van der Waals surface area contributed by atoms with Crippen LogP contribution in [0, 0.1) is 5.92 Å². The zero-order valence-corrected chi connectivity index (χ0v) is 16.2. The number of hydrogen-bond donors (Lipinski definition) is 1. The quantitative estimate of drug-likeness (QED) is 0.382. The predicted molar refractivity (Wildman–Crippen MR) is 98.1 cm³/mol. The van der Waals surface area contributed by atoms with Crippen LogP contribution in [0.2, 0.25) is 0 Å². The number of carbonyl (C=O) groups is 3. The summed E-state index contributed by atoms with van der Waals surface area (Å²) in [7, 11) is 1.49. The van der Waals surface area contributed by atoms with Crippen molar-refractivity contribution in [1.82, 2.24) is 10.2 Å². The van der Waals surface area contributed by atoms with Crippen molar-refractivity contribution in [3.05, 3.63) is 0 Å². The summed E-state index contributed by atoms with van der Waals surface area (Å²) >= 11 is 0. The molecule has 0 aliphatic heterocycles. The minimum absolute atomic E-state index is 0.179. The van der Waals surface area contributed by atoms with Gasteiger partial charge >= 0.3 is 0 Å². The standard InChI is InChI=1S/C19H35N2O4/c1-15(2)11-9-7-5-6-8-10-12-18(24)21(4)17(14-23)19(25)20-16(3)13-22/h13,15-17,23H,5-12,14H2,1-4H3/t16-,17+/m0/s1. The van der Waals surface area contributed by atoms with Gasteiger partial charge in [0, 0.05) is 13.5 Å². The van der Waals surface area contributed by atoms with Crippen molar-refractivity contribution >= 4 is 18.1 Å². The van der Waals surface area contributed by atoms with Crippen molar-refractivity contribution in [1.29, 1.82) is 0 Å². The molecule has 0 rings (SSSR count). The lowest BCUT2D eigenvalue weighted by Crippen LogP contribution is -2.49. The van der Waals surface area contributed by atoms with E-state index in [-0.39, 0.29) is 5.91 Å². The van der Waals surface area contributed by atoms with E-state index < -0.39 is 24.6 Å². The number of aliphatic hydroxyl groups excluding tert-OH is 1. The third kappa shape index (κ3) is 10.9. The number of aldehydes is 1. The Hall–Kier alpha value is -1.43. The van der Waals surface area contributed by atoms with Crippen molar-refractivity contribution < 1.29 is 19.5 Å². The fourth-order valence-corrected chi connectivity index (χ4v) is 2.57. The highest BCUT2D eigenvalue weighted by atomic mass is 16.3. The number of rotatable bonds is 14. The van der Waals surface area contributed by atoms with E-state index in [1.54, 1.807) is 0 Å². The van der Waals surface area contributed by atoms with Gasteiger partial charge in [-0.25, -0.2) is 5.32 Å². The fourth-order valence-electron chi connectivity index (χ4n) is 2.57. The first-order valence-electron chi connectivity index (χ1n) is 9.40. The van der Waals surface area contributed by atoms with Gasteiger partial charge < -0.3 is 14.8 Å². The van der Waals surface area contributed by atoms with Gasteiger partial charge in [-0.2, -0.15) is 0 Å². The molecule has 0 aromatic heterocycles. The fraction of sp³-hybridized carbons (Fsp3) is 0.842. The molecular formula is C19H35N2O4. The monoisotopic (exact) mass is 355 g/mol. The number of likely N-dealkylation sites (N-methyl/N-ethyl adjacent to an activating group) is 1. The summed E-state index contributed by atoms with van der Waals surface area (Å²) < 4.78 is 0. The summed E-state index contributed by atoms with van der Waals surface area (Å²) in [6, 6.07) is -1.77. The van der Waals surface area contributed by atoms with E-state index in [9.17, 15) is 19.5 Å². The number of aliphatic hydroxyl groups is 1. The van der Waals surface area contributed by atoms with Crippen LogP contribution in [0.5, 0.6) is 0 Å². The van der Waals surface area contributed by atoms with Crippen molar-refractivity contribution in [2.45, 2.75) is 84.2 Å². The SMILES string of the molecule is CC(C)CCCCCCCCC(=O)N(C)[C@H](CO)C(=O)[N][C@@H](C)C=O. The summed E-state index contributed by atoms with van der Waals surface area (Å²) in [5.74, 6) is -0.0548. The molecule has 0 unspecified atom stereocenters. The molecule has 0 aromatic rings. The Labute approximate surface area is 152 Å². The summed E-state index contributed by atoms with van der Waals surface area (Å²) in [6.07, 6.45) is 8.76. The van der Waals surface area contributed by atoms with E-state index in [2.05, 4.69) is 19.2 Å². The maximum absolute atomic E-state index is 12.2. The van der Waals surface area contributed by atoms with E-state index in [0.29, 0.717) is 12.7 Å². The van der Waals surface area contributed by atoms with Crippen molar-refractivity contribution in [3.8, 4) is 0 Å². The smallest absolute Gasteiger partial charge is 0.267 e. The molecule has 0 bridgehead atoms. The molecule has 0 heterocycles. The van der Waals surface area contributed by atoms with E-state index in [1.807, 2.05) is 0 Å². The highest BCUT2D eigenvalue weighted by Crippen LogP contribution is 2.13. The largest absolute Gasteiger partial charge is 0.394 e. The van der Waals surface area contributed by atoms with E-state index in [0.717, 1.165) is 25.2 Å². The molecule has 2 amide bonds. The van der Waals surface area contributed by atoms with Gasteiger partial charge in [-0.05, 0) is 19.3 Å². The van der Waals surface area contributed by atoms with Crippen LogP contribution in [0.15, 0.2) is 0 Å². The molecule has 0 aliphatic rings. The number of amides is 2. The average molecular weight is 355 g/mol.